The van der Waals surface area contributed by atoms with Crippen molar-refractivity contribution >= 4 is 38.7 Å². The van der Waals surface area contributed by atoms with Crippen LogP contribution < -0.4 is 5.73 Å². The first kappa shape index (κ1) is 20.4. The van der Waals surface area contributed by atoms with Crippen LogP contribution in [0, 0.1) is 0 Å². The van der Waals surface area contributed by atoms with E-state index in [2.05, 4.69) is 8.75 Å². The van der Waals surface area contributed by atoms with E-state index in [4.69, 9.17) is 5.73 Å². The lowest BCUT2D eigenvalue weighted by molar-refractivity contribution is -0.130. The van der Waals surface area contributed by atoms with Crippen molar-refractivity contribution in [1.82, 2.24) is 13.1 Å². The van der Waals surface area contributed by atoms with Crippen molar-refractivity contribution < 1.29 is 13.2 Å². The molecule has 1 atom stereocenters. The molecule has 1 heterocycles. The van der Waals surface area contributed by atoms with Crippen LogP contribution in [0.25, 0.3) is 11.0 Å². The second-order valence-corrected chi connectivity index (χ2v) is 9.75. The molecule has 0 spiro atoms. The number of carbonyl (C=O) groups excluding carboxylic acids is 1. The van der Waals surface area contributed by atoms with Crippen LogP contribution in [0.3, 0.4) is 0 Å². The SMILES string of the molecule is CC(C)(C)N(C(=O)C(N)Cc1ccccc1)S(=O)(=O)c1cccc2nsnc12. The van der Waals surface area contributed by atoms with Gasteiger partial charge in [0.2, 0.25) is 0 Å². The molecule has 3 aromatic rings. The summed E-state index contributed by atoms with van der Waals surface area (Å²) in [5, 5.41) is 0. The van der Waals surface area contributed by atoms with Gasteiger partial charge < -0.3 is 5.73 Å². The first-order chi connectivity index (χ1) is 13.1. The Bertz CT molecular complexity index is 1090. The lowest BCUT2D eigenvalue weighted by Gasteiger charge is -2.36. The van der Waals surface area contributed by atoms with Crippen LogP contribution in [0.5, 0.6) is 0 Å². The van der Waals surface area contributed by atoms with E-state index in [9.17, 15) is 13.2 Å². The van der Waals surface area contributed by atoms with Gasteiger partial charge in [0.1, 0.15) is 15.9 Å². The van der Waals surface area contributed by atoms with Crippen LogP contribution in [0.1, 0.15) is 26.3 Å². The fraction of sp³-hybridized carbons (Fsp3) is 0.316. The standard InChI is InChI=1S/C19H22N4O3S2/c1-19(2,3)23(18(24)14(20)12-13-8-5-4-6-9-13)28(25,26)16-11-7-10-15-17(16)22-27-21-15/h4-11,14H,12,20H2,1-3H3. The molecule has 0 aliphatic rings. The Labute approximate surface area is 168 Å². The topological polar surface area (TPSA) is 106 Å². The van der Waals surface area contributed by atoms with Gasteiger partial charge in [-0.15, -0.1) is 0 Å². The smallest absolute Gasteiger partial charge is 0.269 e. The molecule has 148 valence electrons. The first-order valence-corrected chi connectivity index (χ1v) is 10.9. The Hall–Kier alpha value is -2.36. The lowest BCUT2D eigenvalue weighted by Crippen LogP contribution is -2.55. The normalized spacial score (nSPS) is 13.4. The van der Waals surface area contributed by atoms with Crippen molar-refractivity contribution in [3.8, 4) is 0 Å². The van der Waals surface area contributed by atoms with Crippen LogP contribution in [-0.2, 0) is 21.2 Å². The van der Waals surface area contributed by atoms with Crippen LogP contribution in [0.2, 0.25) is 0 Å². The number of sulfonamides is 1. The minimum Gasteiger partial charge on any atom is -0.320 e. The number of rotatable bonds is 5. The van der Waals surface area contributed by atoms with Gasteiger partial charge in [-0.1, -0.05) is 36.4 Å². The van der Waals surface area contributed by atoms with Crippen LogP contribution in [0.15, 0.2) is 53.4 Å². The van der Waals surface area contributed by atoms with Crippen molar-refractivity contribution in [2.75, 3.05) is 0 Å². The van der Waals surface area contributed by atoms with Gasteiger partial charge in [-0.25, -0.2) is 12.7 Å². The zero-order valence-corrected chi connectivity index (χ0v) is 17.5. The molecule has 1 unspecified atom stereocenters. The summed E-state index contributed by atoms with van der Waals surface area (Å²) in [5.74, 6) is -0.656. The molecule has 0 fully saturated rings. The molecule has 3 rings (SSSR count). The number of benzene rings is 2. The molecule has 1 amide bonds. The molecule has 0 saturated carbocycles. The molecule has 28 heavy (non-hydrogen) atoms. The number of carbonyl (C=O) groups is 1. The predicted octanol–water partition coefficient (Wildman–Crippen LogP) is 2.58. The molecule has 0 aliphatic heterocycles. The van der Waals surface area contributed by atoms with Crippen LogP contribution in [-0.4, -0.2) is 39.0 Å². The Balaban J connectivity index is 2.02. The maximum Gasteiger partial charge on any atom is 0.269 e. The third-order valence-electron chi connectivity index (χ3n) is 4.19. The predicted molar refractivity (Wildman–Crippen MR) is 109 cm³/mol. The third-order valence-corrected chi connectivity index (χ3v) is 6.83. The van der Waals surface area contributed by atoms with Gasteiger partial charge in [0, 0.05) is 0 Å². The second-order valence-electron chi connectivity index (χ2n) is 7.46. The number of hydrogen-bond acceptors (Lipinski definition) is 7. The zero-order valence-electron chi connectivity index (χ0n) is 15.9. The van der Waals surface area contributed by atoms with E-state index in [-0.39, 0.29) is 16.8 Å². The molecule has 9 heteroatoms. The fourth-order valence-electron chi connectivity index (χ4n) is 3.00. The molecule has 7 nitrogen and oxygen atoms in total. The summed E-state index contributed by atoms with van der Waals surface area (Å²) in [6, 6.07) is 13.0. The number of nitrogens with zero attached hydrogens (tertiary/aromatic N) is 3. The number of hydrogen-bond donors (Lipinski definition) is 1. The molecule has 2 N–H and O–H groups in total. The molecular formula is C19H22N4O3S2. The summed E-state index contributed by atoms with van der Waals surface area (Å²) < 4.78 is 36.0. The molecule has 0 radical (unpaired) electrons. The monoisotopic (exact) mass is 418 g/mol. The molecule has 1 aromatic heterocycles. The summed E-state index contributed by atoms with van der Waals surface area (Å²) in [5.41, 5.74) is 6.72. The molecule has 0 aliphatic carbocycles. The van der Waals surface area contributed by atoms with Crippen molar-refractivity contribution in [2.24, 2.45) is 5.73 Å². The zero-order chi connectivity index (χ0) is 20.5. The van der Waals surface area contributed by atoms with E-state index in [1.807, 2.05) is 30.3 Å². The van der Waals surface area contributed by atoms with Gasteiger partial charge in [0.15, 0.2) is 0 Å². The van der Waals surface area contributed by atoms with Crippen molar-refractivity contribution in [1.29, 1.82) is 0 Å². The Morgan fingerprint density at radius 2 is 1.79 bits per heavy atom. The number of nitrogens with two attached hydrogens (primary N) is 1. The highest BCUT2D eigenvalue weighted by molar-refractivity contribution is 7.90. The summed E-state index contributed by atoms with van der Waals surface area (Å²) in [4.78, 5) is 13.1. The molecular weight excluding hydrogens is 396 g/mol. The highest BCUT2D eigenvalue weighted by Gasteiger charge is 2.41. The van der Waals surface area contributed by atoms with E-state index in [0.717, 1.165) is 21.6 Å². The first-order valence-electron chi connectivity index (χ1n) is 8.72. The average molecular weight is 419 g/mol. The minimum absolute atomic E-state index is 0.0473. The lowest BCUT2D eigenvalue weighted by atomic mass is 10.0. The quantitative estimate of drug-likeness (QED) is 0.682. The summed E-state index contributed by atoms with van der Waals surface area (Å²) in [6.07, 6.45) is 0.240. The van der Waals surface area contributed by atoms with E-state index >= 15 is 0 Å². The molecule has 0 bridgehead atoms. The Kier molecular flexibility index (Phi) is 5.51. The van der Waals surface area contributed by atoms with Gasteiger partial charge in [0.25, 0.3) is 15.9 Å². The van der Waals surface area contributed by atoms with Crippen LogP contribution in [0.4, 0.5) is 0 Å². The molecule has 2 aromatic carbocycles. The van der Waals surface area contributed by atoms with E-state index < -0.39 is 27.5 Å². The highest BCUT2D eigenvalue weighted by Crippen LogP contribution is 2.29. The number of fused-ring (bicyclic) bond motifs is 1. The summed E-state index contributed by atoms with van der Waals surface area (Å²) in [6.45, 7) is 4.99. The second kappa shape index (κ2) is 7.57. The van der Waals surface area contributed by atoms with Gasteiger partial charge >= 0.3 is 0 Å². The maximum atomic E-state index is 13.5. The van der Waals surface area contributed by atoms with E-state index in [1.165, 1.54) is 6.07 Å². The highest BCUT2D eigenvalue weighted by atomic mass is 32.2. The average Bonchev–Trinajstić information content (AvgIpc) is 3.09. The van der Waals surface area contributed by atoms with Gasteiger partial charge in [-0.05, 0) is 44.9 Å². The largest absolute Gasteiger partial charge is 0.320 e. The van der Waals surface area contributed by atoms with Gasteiger partial charge in [0.05, 0.1) is 23.3 Å². The Morgan fingerprint density at radius 1 is 1.11 bits per heavy atom. The third kappa shape index (κ3) is 3.91. The Morgan fingerprint density at radius 3 is 2.43 bits per heavy atom. The van der Waals surface area contributed by atoms with Crippen molar-refractivity contribution in [3.05, 3.63) is 54.1 Å². The van der Waals surface area contributed by atoms with E-state index in [1.54, 1.807) is 32.9 Å². The van der Waals surface area contributed by atoms with Crippen LogP contribution >= 0.6 is 11.7 Å². The number of aromatic nitrogens is 2. The minimum atomic E-state index is -4.18. The number of amides is 1. The molecule has 0 saturated heterocycles. The van der Waals surface area contributed by atoms with Crippen molar-refractivity contribution in [2.45, 2.75) is 43.7 Å². The fourth-order valence-corrected chi connectivity index (χ4v) is 5.55. The van der Waals surface area contributed by atoms with Gasteiger partial charge in [-0.3, -0.25) is 4.79 Å². The summed E-state index contributed by atoms with van der Waals surface area (Å²) >= 11 is 0.926. The van der Waals surface area contributed by atoms with Crippen molar-refractivity contribution in [3.63, 3.8) is 0 Å². The van der Waals surface area contributed by atoms with E-state index in [0.29, 0.717) is 5.52 Å². The van der Waals surface area contributed by atoms with Gasteiger partial charge in [-0.2, -0.15) is 8.75 Å². The maximum absolute atomic E-state index is 13.5. The summed E-state index contributed by atoms with van der Waals surface area (Å²) in [7, 11) is -4.18.